The standard InChI is InChI=1S/C29H30ClO4P.C29H29O4P/c1-17-14-18(2)25(19(3)15-17)28(32)35(34,23-10-8-7-9-11-23)29(33)27-21(5)16-20(4)26(22(27)6)24(31)12-13-30;1-8-24(30)26-20(5)16-21(6)27(22(26)7)29(32)34(33,23-12-10-9-11-13-23)28(31)25-18(3)14-17(2)15-19(25)4/h7-11,14-16H,12-13H2,1-6H3;8-16H,1H2,2-7H3. The van der Waals surface area contributed by atoms with Crippen LogP contribution in [-0.4, -0.2) is 39.5 Å². The fourth-order valence-electron chi connectivity index (χ4n) is 9.74. The zero-order valence-corrected chi connectivity index (χ0v) is 44.0. The molecule has 0 amide bonds. The van der Waals surface area contributed by atoms with Crippen LogP contribution in [0.25, 0.3) is 0 Å². The molecule has 0 aliphatic heterocycles. The van der Waals surface area contributed by atoms with Crippen molar-refractivity contribution in [2.45, 2.75) is 89.5 Å². The monoisotopic (exact) mass is 980 g/mol. The molecule has 0 aliphatic rings. The van der Waals surface area contributed by atoms with Gasteiger partial charge in [0.05, 0.1) is 0 Å². The molecule has 0 heterocycles. The van der Waals surface area contributed by atoms with Crippen molar-refractivity contribution in [3.63, 3.8) is 0 Å². The average molecular weight is 982 g/mol. The molecule has 6 aromatic carbocycles. The highest BCUT2D eigenvalue weighted by Gasteiger charge is 2.46. The van der Waals surface area contributed by atoms with Crippen molar-refractivity contribution >= 4 is 70.2 Å². The lowest BCUT2D eigenvalue weighted by Gasteiger charge is -2.22. The maximum Gasteiger partial charge on any atom is 0.248 e. The molecule has 356 valence electrons. The largest absolute Gasteiger partial charge is 0.302 e. The summed E-state index contributed by atoms with van der Waals surface area (Å²) in [5, 5.41) is 0.364. The molecule has 0 fully saturated rings. The number of hydrogen-bond donors (Lipinski definition) is 0. The summed E-state index contributed by atoms with van der Waals surface area (Å²) < 4.78 is 29.5. The number of benzene rings is 6. The van der Waals surface area contributed by atoms with Gasteiger partial charge in [0.15, 0.2) is 11.6 Å². The lowest BCUT2D eigenvalue weighted by atomic mass is 9.91. The summed E-state index contributed by atoms with van der Waals surface area (Å²) in [6, 6.07) is 27.3. The lowest BCUT2D eigenvalue weighted by molar-refractivity contribution is 0.0984. The number of alkyl halides is 1. The molecule has 0 radical (unpaired) electrons. The summed E-state index contributed by atoms with van der Waals surface area (Å²) in [7, 11) is -8.63. The van der Waals surface area contributed by atoms with E-state index in [4.69, 9.17) is 11.6 Å². The number of Topliss-reactive ketones (excluding diaryl/α,β-unsaturated/α-hetero) is 1. The van der Waals surface area contributed by atoms with E-state index in [1.807, 2.05) is 38.1 Å². The smallest absolute Gasteiger partial charge is 0.248 e. The van der Waals surface area contributed by atoms with Gasteiger partial charge in [0.1, 0.15) is 0 Å². The summed E-state index contributed by atoms with van der Waals surface area (Å²) in [6.45, 7) is 25.0. The number of ketones is 2. The van der Waals surface area contributed by atoms with Crippen molar-refractivity contribution in [1.82, 2.24) is 0 Å². The van der Waals surface area contributed by atoms with Gasteiger partial charge in [-0.15, -0.1) is 11.6 Å². The fourth-order valence-corrected chi connectivity index (χ4v) is 15.1. The molecule has 6 aromatic rings. The van der Waals surface area contributed by atoms with Crippen LogP contribution in [-0.2, 0) is 9.13 Å². The summed E-state index contributed by atoms with van der Waals surface area (Å²) in [5.41, 5.74) is 6.85. The van der Waals surface area contributed by atoms with E-state index in [0.717, 1.165) is 16.7 Å². The van der Waals surface area contributed by atoms with Gasteiger partial charge in [0.25, 0.3) is 0 Å². The molecule has 6 rings (SSSR count). The first kappa shape index (κ1) is 53.8. The molecular weight excluding hydrogens is 922 g/mol. The fraction of sp³-hybridized carbons (Fsp3) is 0.241. The van der Waals surface area contributed by atoms with Crippen LogP contribution in [0.2, 0.25) is 0 Å². The van der Waals surface area contributed by atoms with E-state index in [0.29, 0.717) is 72.3 Å². The Morgan fingerprint density at radius 2 is 0.725 bits per heavy atom. The minimum atomic E-state index is -4.32. The Morgan fingerprint density at radius 1 is 0.435 bits per heavy atom. The highest BCUT2D eigenvalue weighted by atomic mass is 35.5. The Bertz CT molecular complexity index is 3170. The number of hydrogen-bond acceptors (Lipinski definition) is 8. The summed E-state index contributed by atoms with van der Waals surface area (Å²) >= 11 is 5.81. The van der Waals surface area contributed by atoms with Crippen LogP contribution < -0.4 is 10.6 Å². The highest BCUT2D eigenvalue weighted by molar-refractivity contribution is 8.01. The summed E-state index contributed by atoms with van der Waals surface area (Å²) in [6.07, 6.45) is 1.32. The Balaban J connectivity index is 0.000000258. The number of halogens is 1. The quantitative estimate of drug-likeness (QED) is 0.0429. The van der Waals surface area contributed by atoms with E-state index in [-0.39, 0.29) is 45.6 Å². The number of carbonyl (C=O) groups excluding carboxylic acids is 6. The number of rotatable bonds is 15. The molecule has 0 N–H and O–H groups in total. The zero-order valence-electron chi connectivity index (χ0n) is 41.5. The summed E-state index contributed by atoms with van der Waals surface area (Å²) in [5.74, 6) is -0.354. The number of carbonyl (C=O) groups is 6. The van der Waals surface area contributed by atoms with E-state index in [1.54, 1.807) is 142 Å². The van der Waals surface area contributed by atoms with Crippen LogP contribution in [0.15, 0.2) is 110 Å². The van der Waals surface area contributed by atoms with Crippen LogP contribution in [0.4, 0.5) is 0 Å². The SMILES string of the molecule is C=CC(=O)c1c(C)cc(C)c(C(=O)P(=O)(C(=O)c2c(C)cc(C)cc2C)c2ccccc2)c1C.Cc1cc(C)c(C(=O)P(=O)(C(=O)c2c(C)cc(C)c(C(=O)CCCl)c2C)c2ccccc2)c(C)c1. The maximum absolute atomic E-state index is 14.8. The molecule has 0 aromatic heterocycles. The number of allylic oxidation sites excluding steroid dienone is 1. The molecule has 8 nitrogen and oxygen atoms in total. The van der Waals surface area contributed by atoms with Crippen molar-refractivity contribution in [2.24, 2.45) is 0 Å². The molecule has 0 aliphatic carbocycles. The van der Waals surface area contributed by atoms with E-state index >= 15 is 0 Å². The predicted molar refractivity (Wildman–Crippen MR) is 281 cm³/mol. The molecule has 2 atom stereocenters. The van der Waals surface area contributed by atoms with Crippen molar-refractivity contribution in [3.05, 3.63) is 210 Å². The van der Waals surface area contributed by atoms with E-state index in [9.17, 15) is 37.9 Å². The summed E-state index contributed by atoms with van der Waals surface area (Å²) in [4.78, 5) is 81.9. The molecular formula is C58H59ClO8P2. The zero-order chi connectivity index (χ0) is 51.4. The molecule has 0 saturated carbocycles. The first-order valence-electron chi connectivity index (χ1n) is 22.5. The Morgan fingerprint density at radius 3 is 1.06 bits per heavy atom. The van der Waals surface area contributed by atoms with Crippen LogP contribution in [0.1, 0.15) is 135 Å². The van der Waals surface area contributed by atoms with Gasteiger partial charge in [-0.25, -0.2) is 0 Å². The molecule has 11 heteroatoms. The Labute approximate surface area is 411 Å². The van der Waals surface area contributed by atoms with Gasteiger partial charge in [-0.1, -0.05) is 115 Å². The maximum atomic E-state index is 14.8. The van der Waals surface area contributed by atoms with Crippen LogP contribution in [0, 0.1) is 83.1 Å². The molecule has 0 saturated heterocycles. The third-order valence-electron chi connectivity index (χ3n) is 12.6. The third kappa shape index (κ3) is 10.3. The van der Waals surface area contributed by atoms with E-state index in [1.165, 1.54) is 6.08 Å². The Kier molecular flexibility index (Phi) is 16.9. The van der Waals surface area contributed by atoms with E-state index < -0.39 is 36.4 Å². The minimum Gasteiger partial charge on any atom is -0.302 e. The van der Waals surface area contributed by atoms with Crippen LogP contribution in [0.5, 0.6) is 0 Å². The first-order valence-corrected chi connectivity index (χ1v) is 26.5. The van der Waals surface area contributed by atoms with Crippen LogP contribution in [0.3, 0.4) is 0 Å². The van der Waals surface area contributed by atoms with Crippen molar-refractivity contribution in [1.29, 1.82) is 0 Å². The van der Waals surface area contributed by atoms with Gasteiger partial charge >= 0.3 is 0 Å². The first-order chi connectivity index (χ1) is 32.4. The molecule has 0 spiro atoms. The normalized spacial score (nSPS) is 12.7. The predicted octanol–water partition coefficient (Wildman–Crippen LogP) is 13.6. The number of aryl methyl sites for hydroxylation is 10. The van der Waals surface area contributed by atoms with Gasteiger partial charge < -0.3 is 9.13 Å². The van der Waals surface area contributed by atoms with Gasteiger partial charge in [-0.2, -0.15) is 0 Å². The van der Waals surface area contributed by atoms with Gasteiger partial charge in [-0.3, -0.25) is 28.8 Å². The third-order valence-corrected chi connectivity index (χ3v) is 18.0. The second-order valence-electron chi connectivity index (χ2n) is 17.9. The van der Waals surface area contributed by atoms with Crippen LogP contribution >= 0.6 is 25.9 Å². The Hall–Kier alpha value is -6.17. The van der Waals surface area contributed by atoms with Crippen molar-refractivity contribution in [3.8, 4) is 0 Å². The second kappa shape index (κ2) is 21.6. The van der Waals surface area contributed by atoms with Gasteiger partial charge in [0, 0.05) is 56.3 Å². The molecule has 69 heavy (non-hydrogen) atoms. The molecule has 0 bridgehead atoms. The second-order valence-corrected chi connectivity index (χ2v) is 23.3. The topological polar surface area (TPSA) is 137 Å². The minimum absolute atomic E-state index is 0.122. The lowest BCUT2D eigenvalue weighted by Crippen LogP contribution is -2.23. The molecule has 2 unspecified atom stereocenters. The van der Waals surface area contributed by atoms with Crippen molar-refractivity contribution in [2.75, 3.05) is 5.88 Å². The van der Waals surface area contributed by atoms with Crippen molar-refractivity contribution < 1.29 is 37.9 Å². The highest BCUT2D eigenvalue weighted by Crippen LogP contribution is 2.54. The van der Waals surface area contributed by atoms with E-state index in [2.05, 4.69) is 6.58 Å². The van der Waals surface area contributed by atoms with Gasteiger partial charge in [0.2, 0.25) is 36.4 Å². The van der Waals surface area contributed by atoms with Gasteiger partial charge in [-0.05, 0) is 145 Å². The average Bonchev–Trinajstić information content (AvgIpc) is 3.28.